The standard InChI is InChI=1S/C18H21N3O2S/c1-12-15(18(23)21-10-4-3-5-11-21)17(20-13(2)22)24-16(12)14-6-8-19-9-7-14/h6-9H,3-5,10-11H2,1-2H3,(H,20,22). The Morgan fingerprint density at radius 3 is 2.46 bits per heavy atom. The zero-order valence-electron chi connectivity index (χ0n) is 14.0. The molecule has 0 aromatic carbocycles. The number of carbonyl (C=O) groups is 2. The maximum Gasteiger partial charge on any atom is 0.257 e. The molecule has 6 heteroatoms. The lowest BCUT2D eigenvalue weighted by Gasteiger charge is -2.27. The number of aromatic nitrogens is 1. The van der Waals surface area contributed by atoms with Crippen molar-refractivity contribution in [2.75, 3.05) is 18.4 Å². The molecule has 0 saturated carbocycles. The van der Waals surface area contributed by atoms with Gasteiger partial charge in [0.15, 0.2) is 0 Å². The summed E-state index contributed by atoms with van der Waals surface area (Å²) in [6, 6.07) is 3.84. The summed E-state index contributed by atoms with van der Waals surface area (Å²) in [6.07, 6.45) is 6.73. The molecule has 1 aliphatic rings. The van der Waals surface area contributed by atoms with Gasteiger partial charge in [-0.05, 0) is 49.4 Å². The second-order valence-electron chi connectivity index (χ2n) is 6.03. The molecule has 0 bridgehead atoms. The van der Waals surface area contributed by atoms with Crippen LogP contribution in [0.1, 0.15) is 42.1 Å². The highest BCUT2D eigenvalue weighted by atomic mass is 32.1. The van der Waals surface area contributed by atoms with Crippen LogP contribution in [-0.4, -0.2) is 34.8 Å². The van der Waals surface area contributed by atoms with E-state index in [4.69, 9.17) is 0 Å². The van der Waals surface area contributed by atoms with Crippen LogP contribution in [0.3, 0.4) is 0 Å². The van der Waals surface area contributed by atoms with Crippen molar-refractivity contribution >= 4 is 28.2 Å². The first-order valence-corrected chi connectivity index (χ1v) is 9.00. The van der Waals surface area contributed by atoms with Crippen LogP contribution in [0.25, 0.3) is 10.4 Å². The van der Waals surface area contributed by atoms with E-state index < -0.39 is 0 Å². The summed E-state index contributed by atoms with van der Waals surface area (Å²) in [6.45, 7) is 5.00. The molecule has 0 atom stereocenters. The second kappa shape index (κ2) is 7.13. The number of hydrogen-bond acceptors (Lipinski definition) is 4. The van der Waals surface area contributed by atoms with Crippen molar-refractivity contribution in [1.82, 2.24) is 9.88 Å². The van der Waals surface area contributed by atoms with Crippen molar-refractivity contribution in [3.8, 4) is 10.4 Å². The number of rotatable bonds is 3. The average Bonchev–Trinajstić information content (AvgIpc) is 2.91. The van der Waals surface area contributed by atoms with E-state index in [1.165, 1.54) is 24.7 Å². The van der Waals surface area contributed by atoms with Crippen molar-refractivity contribution in [3.63, 3.8) is 0 Å². The van der Waals surface area contributed by atoms with Gasteiger partial charge in [0.25, 0.3) is 5.91 Å². The van der Waals surface area contributed by atoms with Gasteiger partial charge in [0, 0.05) is 37.3 Å². The molecule has 0 spiro atoms. The van der Waals surface area contributed by atoms with Crippen molar-refractivity contribution < 1.29 is 9.59 Å². The number of carbonyl (C=O) groups excluding carboxylic acids is 2. The molecule has 1 saturated heterocycles. The minimum atomic E-state index is -0.162. The fraction of sp³-hybridized carbons (Fsp3) is 0.389. The van der Waals surface area contributed by atoms with Crippen molar-refractivity contribution in [2.24, 2.45) is 0 Å². The van der Waals surface area contributed by atoms with Crippen LogP contribution in [0.5, 0.6) is 0 Å². The smallest absolute Gasteiger partial charge is 0.257 e. The molecule has 3 heterocycles. The number of pyridine rings is 1. The van der Waals surface area contributed by atoms with Crippen LogP contribution in [0.15, 0.2) is 24.5 Å². The van der Waals surface area contributed by atoms with Gasteiger partial charge in [-0.2, -0.15) is 0 Å². The number of anilines is 1. The Morgan fingerprint density at radius 2 is 1.83 bits per heavy atom. The van der Waals surface area contributed by atoms with Gasteiger partial charge in [0.1, 0.15) is 5.00 Å². The Morgan fingerprint density at radius 1 is 1.17 bits per heavy atom. The van der Waals surface area contributed by atoms with Crippen molar-refractivity contribution in [1.29, 1.82) is 0 Å². The van der Waals surface area contributed by atoms with Gasteiger partial charge in [0.05, 0.1) is 5.56 Å². The summed E-state index contributed by atoms with van der Waals surface area (Å²) in [7, 11) is 0. The minimum Gasteiger partial charge on any atom is -0.339 e. The Balaban J connectivity index is 2.04. The number of likely N-dealkylation sites (tertiary alicyclic amines) is 1. The molecule has 1 N–H and O–H groups in total. The number of amides is 2. The molecule has 2 amide bonds. The van der Waals surface area contributed by atoms with E-state index in [0.717, 1.165) is 41.9 Å². The van der Waals surface area contributed by atoms with Gasteiger partial charge in [-0.3, -0.25) is 14.6 Å². The van der Waals surface area contributed by atoms with Gasteiger partial charge in [-0.15, -0.1) is 11.3 Å². The molecule has 0 aliphatic carbocycles. The predicted octanol–water partition coefficient (Wildman–Crippen LogP) is 3.70. The fourth-order valence-corrected chi connectivity index (χ4v) is 4.30. The molecule has 0 radical (unpaired) electrons. The van der Waals surface area contributed by atoms with Gasteiger partial charge in [-0.1, -0.05) is 0 Å². The Bertz CT molecular complexity index is 749. The SMILES string of the molecule is CC(=O)Nc1sc(-c2ccncc2)c(C)c1C(=O)N1CCCCC1. The van der Waals surface area contributed by atoms with Crippen LogP contribution in [0.2, 0.25) is 0 Å². The number of hydrogen-bond donors (Lipinski definition) is 1. The average molecular weight is 343 g/mol. The molecular weight excluding hydrogens is 322 g/mol. The first kappa shape index (κ1) is 16.6. The van der Waals surface area contributed by atoms with Crippen molar-refractivity contribution in [2.45, 2.75) is 33.1 Å². The van der Waals surface area contributed by atoms with Crippen LogP contribution in [0, 0.1) is 6.92 Å². The summed E-state index contributed by atoms with van der Waals surface area (Å²) in [5, 5.41) is 3.48. The van der Waals surface area contributed by atoms with Crippen LogP contribution < -0.4 is 5.32 Å². The normalized spacial score (nSPS) is 14.5. The van der Waals surface area contributed by atoms with Gasteiger partial charge in [-0.25, -0.2) is 0 Å². The molecule has 1 fully saturated rings. The maximum absolute atomic E-state index is 13.0. The number of thiophene rings is 1. The van der Waals surface area contributed by atoms with Gasteiger partial charge < -0.3 is 10.2 Å². The minimum absolute atomic E-state index is 0.0208. The third-order valence-corrected chi connectivity index (χ3v) is 5.49. The number of nitrogens with zero attached hydrogens (tertiary/aromatic N) is 2. The molecule has 24 heavy (non-hydrogen) atoms. The number of nitrogens with one attached hydrogen (secondary N) is 1. The van der Waals surface area contributed by atoms with E-state index in [-0.39, 0.29) is 11.8 Å². The quantitative estimate of drug-likeness (QED) is 0.924. The summed E-state index contributed by atoms with van der Waals surface area (Å²) in [4.78, 5) is 31.6. The third kappa shape index (κ3) is 3.33. The van der Waals surface area contributed by atoms with Crippen LogP contribution in [0.4, 0.5) is 5.00 Å². The fourth-order valence-electron chi connectivity index (χ4n) is 3.05. The Labute approximate surface area is 145 Å². The monoisotopic (exact) mass is 343 g/mol. The van der Waals surface area contributed by atoms with Gasteiger partial charge >= 0.3 is 0 Å². The molecule has 3 rings (SSSR count). The molecule has 5 nitrogen and oxygen atoms in total. The van der Waals surface area contributed by atoms with E-state index in [9.17, 15) is 9.59 Å². The first-order chi connectivity index (χ1) is 11.6. The maximum atomic E-state index is 13.0. The van der Waals surface area contributed by atoms with E-state index in [1.807, 2.05) is 24.0 Å². The molecular formula is C18H21N3O2S. The zero-order chi connectivity index (χ0) is 17.1. The zero-order valence-corrected chi connectivity index (χ0v) is 14.8. The highest BCUT2D eigenvalue weighted by molar-refractivity contribution is 7.20. The van der Waals surface area contributed by atoms with E-state index >= 15 is 0 Å². The number of piperidine rings is 1. The van der Waals surface area contributed by atoms with E-state index in [2.05, 4.69) is 10.3 Å². The first-order valence-electron chi connectivity index (χ1n) is 8.18. The molecule has 2 aromatic heterocycles. The Kier molecular flexibility index (Phi) is 4.94. The summed E-state index contributed by atoms with van der Waals surface area (Å²) in [5.74, 6) is -0.141. The second-order valence-corrected chi connectivity index (χ2v) is 7.05. The van der Waals surface area contributed by atoms with Crippen LogP contribution in [-0.2, 0) is 4.79 Å². The molecule has 126 valence electrons. The predicted molar refractivity (Wildman–Crippen MR) is 96.3 cm³/mol. The largest absolute Gasteiger partial charge is 0.339 e. The lowest BCUT2D eigenvalue weighted by Crippen LogP contribution is -2.36. The Hall–Kier alpha value is -2.21. The third-order valence-electron chi connectivity index (χ3n) is 4.24. The lowest BCUT2D eigenvalue weighted by molar-refractivity contribution is -0.114. The van der Waals surface area contributed by atoms with Crippen LogP contribution >= 0.6 is 11.3 Å². The lowest BCUT2D eigenvalue weighted by atomic mass is 10.0. The summed E-state index contributed by atoms with van der Waals surface area (Å²) in [5.41, 5.74) is 2.56. The van der Waals surface area contributed by atoms with E-state index in [1.54, 1.807) is 12.4 Å². The highest BCUT2D eigenvalue weighted by Gasteiger charge is 2.27. The van der Waals surface area contributed by atoms with Crippen molar-refractivity contribution in [3.05, 3.63) is 35.7 Å². The topological polar surface area (TPSA) is 62.3 Å². The molecule has 1 aliphatic heterocycles. The summed E-state index contributed by atoms with van der Waals surface area (Å²) < 4.78 is 0. The summed E-state index contributed by atoms with van der Waals surface area (Å²) >= 11 is 1.45. The van der Waals surface area contributed by atoms with Gasteiger partial charge in [0.2, 0.25) is 5.91 Å². The highest BCUT2D eigenvalue weighted by Crippen LogP contribution is 2.40. The van der Waals surface area contributed by atoms with E-state index in [0.29, 0.717) is 10.6 Å². The molecule has 0 unspecified atom stereocenters. The molecule has 2 aromatic rings.